The Morgan fingerprint density at radius 2 is 1.91 bits per heavy atom. The fourth-order valence-electron chi connectivity index (χ4n) is 3.18. The van der Waals surface area contributed by atoms with E-state index in [0.29, 0.717) is 17.6 Å². The summed E-state index contributed by atoms with van der Waals surface area (Å²) >= 11 is 0. The molecule has 0 amide bonds. The van der Waals surface area contributed by atoms with Crippen molar-refractivity contribution >= 4 is 25.0 Å². The summed E-state index contributed by atoms with van der Waals surface area (Å²) in [6.45, 7) is 7.23. The second kappa shape index (κ2) is 12.8. The number of hydrogen-bond acceptors (Lipinski definition) is 4. The molecule has 1 aromatic rings. The zero-order valence-corrected chi connectivity index (χ0v) is 18.6. The normalized spacial score (nSPS) is 15.7. The van der Waals surface area contributed by atoms with Crippen molar-refractivity contribution in [3.63, 3.8) is 0 Å². The monoisotopic (exact) mass is 442 g/mol. The first-order chi connectivity index (χ1) is 15.3. The van der Waals surface area contributed by atoms with Crippen LogP contribution in [0.5, 0.6) is 0 Å². The molecule has 4 nitrogen and oxygen atoms in total. The summed E-state index contributed by atoms with van der Waals surface area (Å²) in [5, 5.41) is 0. The number of carbonyl (C=O) groups excluding carboxylic acids is 2. The van der Waals surface area contributed by atoms with E-state index in [0.717, 1.165) is 37.3 Å². The lowest BCUT2D eigenvalue weighted by Gasteiger charge is -2.16. The van der Waals surface area contributed by atoms with Crippen LogP contribution in [-0.4, -0.2) is 25.3 Å². The van der Waals surface area contributed by atoms with Crippen molar-refractivity contribution in [2.45, 2.75) is 58.5 Å². The number of halogens is 2. The van der Waals surface area contributed by atoms with Crippen molar-refractivity contribution in [2.24, 2.45) is 0 Å². The van der Waals surface area contributed by atoms with E-state index in [1.54, 1.807) is 31.2 Å². The highest BCUT2D eigenvalue weighted by Gasteiger charge is 2.22. The number of unbranched alkanes of at least 4 members (excludes halogenated alkanes) is 3. The molecule has 2 rings (SSSR count). The average molecular weight is 442 g/mol. The summed E-state index contributed by atoms with van der Waals surface area (Å²) in [5.41, 5.74) is 2.12. The number of carbonyl (C=O) groups is 2. The van der Waals surface area contributed by atoms with Crippen LogP contribution in [0.1, 0.15) is 57.1 Å². The second-order valence-electron chi connectivity index (χ2n) is 7.74. The maximum absolute atomic E-state index is 13.0. The van der Waals surface area contributed by atoms with Crippen molar-refractivity contribution in [2.75, 3.05) is 0 Å². The lowest BCUT2D eigenvalue weighted by atomic mass is 9.99. The first-order valence-electron chi connectivity index (χ1n) is 10.8. The fraction of sp³-hybridized carbons (Fsp3) is 0.360. The van der Waals surface area contributed by atoms with Crippen LogP contribution in [0, 0.1) is 0 Å². The zero-order chi connectivity index (χ0) is 23.5. The van der Waals surface area contributed by atoms with Crippen LogP contribution in [0.2, 0.25) is 0 Å². The number of allylic oxidation sites excluding steroid dienone is 3. The third-order valence-corrected chi connectivity index (χ3v) is 4.99. The molecule has 0 spiro atoms. The van der Waals surface area contributed by atoms with Gasteiger partial charge in [-0.05, 0) is 31.4 Å². The van der Waals surface area contributed by atoms with Gasteiger partial charge in [-0.3, -0.25) is 4.79 Å². The van der Waals surface area contributed by atoms with E-state index in [9.17, 15) is 18.2 Å². The molecule has 0 heterocycles. The Morgan fingerprint density at radius 3 is 2.47 bits per heavy atom. The first kappa shape index (κ1) is 25.3. The molecule has 1 aliphatic rings. The maximum Gasteiger partial charge on any atom is 0.796 e. The Labute approximate surface area is 188 Å². The van der Waals surface area contributed by atoms with Crippen molar-refractivity contribution < 1.29 is 27.6 Å². The SMILES string of the molecule is C=C(C)C(=O)OC1C=CC(C(=O)C=C(OB(F)F)c2ccc(CCCCCC)cc2)=CC1. The lowest BCUT2D eigenvalue weighted by molar-refractivity contribution is -0.141. The van der Waals surface area contributed by atoms with Crippen LogP contribution in [-0.2, 0) is 25.4 Å². The third-order valence-electron chi connectivity index (χ3n) is 4.99. The predicted octanol–water partition coefficient (Wildman–Crippen LogP) is 6.03. The molecule has 1 aromatic carbocycles. The Kier molecular flexibility index (Phi) is 10.1. The number of benzene rings is 1. The molecule has 0 aliphatic heterocycles. The van der Waals surface area contributed by atoms with Crippen LogP contribution < -0.4 is 0 Å². The Morgan fingerprint density at radius 1 is 1.19 bits per heavy atom. The van der Waals surface area contributed by atoms with E-state index in [-0.39, 0.29) is 11.3 Å². The molecule has 1 unspecified atom stereocenters. The minimum absolute atomic E-state index is 0.187. The molecule has 0 saturated carbocycles. The van der Waals surface area contributed by atoms with Crippen LogP contribution in [0.3, 0.4) is 0 Å². The van der Waals surface area contributed by atoms with Gasteiger partial charge in [0.15, 0.2) is 5.78 Å². The van der Waals surface area contributed by atoms with Gasteiger partial charge in [0, 0.05) is 29.2 Å². The highest BCUT2D eigenvalue weighted by Crippen LogP contribution is 2.22. The number of ketones is 1. The smallest absolute Gasteiger partial charge is 0.505 e. The van der Waals surface area contributed by atoms with Gasteiger partial charge >= 0.3 is 13.4 Å². The fourth-order valence-corrected chi connectivity index (χ4v) is 3.18. The number of hydrogen-bond donors (Lipinski definition) is 0. The zero-order valence-electron chi connectivity index (χ0n) is 18.6. The minimum Gasteiger partial charge on any atom is -0.505 e. The van der Waals surface area contributed by atoms with Crippen LogP contribution in [0.15, 0.2) is 66.3 Å². The Hall–Kier alpha value is -2.96. The largest absolute Gasteiger partial charge is 0.796 e. The van der Waals surface area contributed by atoms with E-state index in [4.69, 9.17) is 4.74 Å². The summed E-state index contributed by atoms with van der Waals surface area (Å²) in [6.07, 6.45) is 11.1. The molecule has 0 saturated heterocycles. The van der Waals surface area contributed by atoms with Gasteiger partial charge in [-0.1, -0.05) is 69.2 Å². The van der Waals surface area contributed by atoms with Gasteiger partial charge in [-0.25, -0.2) is 13.4 Å². The van der Waals surface area contributed by atoms with Crippen molar-refractivity contribution in [3.8, 4) is 0 Å². The summed E-state index contributed by atoms with van der Waals surface area (Å²) < 4.78 is 35.8. The number of aryl methyl sites for hydroxylation is 1. The van der Waals surface area contributed by atoms with E-state index in [1.807, 2.05) is 12.1 Å². The van der Waals surface area contributed by atoms with Gasteiger partial charge in [0.05, 0.1) is 0 Å². The van der Waals surface area contributed by atoms with E-state index in [2.05, 4.69) is 18.2 Å². The number of esters is 1. The first-order valence-corrected chi connectivity index (χ1v) is 10.8. The van der Waals surface area contributed by atoms with Gasteiger partial charge in [0.1, 0.15) is 11.9 Å². The maximum atomic E-state index is 13.0. The molecule has 170 valence electrons. The van der Waals surface area contributed by atoms with E-state index >= 15 is 0 Å². The average Bonchev–Trinajstić information content (AvgIpc) is 2.76. The highest BCUT2D eigenvalue weighted by atomic mass is 19.2. The van der Waals surface area contributed by atoms with E-state index < -0.39 is 25.3 Å². The topological polar surface area (TPSA) is 52.6 Å². The number of rotatable bonds is 12. The standard InChI is InChI=1S/C25H29BF2O4/c1-4-5-6-7-8-19-9-11-21(12-10-19)24(32-26(27)28)17-23(29)20-13-15-22(16-14-20)31-25(30)18(2)3/h9-15,17,22H,2,4-8,16H2,1,3H3. The summed E-state index contributed by atoms with van der Waals surface area (Å²) in [4.78, 5) is 24.2. The molecule has 1 aliphatic carbocycles. The summed E-state index contributed by atoms with van der Waals surface area (Å²) in [7, 11) is -3.05. The molecule has 0 N–H and O–H groups in total. The van der Waals surface area contributed by atoms with Gasteiger partial charge in [0.25, 0.3) is 0 Å². The second-order valence-corrected chi connectivity index (χ2v) is 7.74. The van der Waals surface area contributed by atoms with Crippen molar-refractivity contribution in [1.29, 1.82) is 0 Å². The molecule has 0 radical (unpaired) electrons. The van der Waals surface area contributed by atoms with Gasteiger partial charge in [-0.15, -0.1) is 0 Å². The molecule has 1 atom stereocenters. The quantitative estimate of drug-likeness (QED) is 0.130. The molecule has 7 heteroatoms. The van der Waals surface area contributed by atoms with Crippen molar-refractivity contribution in [1.82, 2.24) is 0 Å². The van der Waals surface area contributed by atoms with Gasteiger partial charge < -0.3 is 9.39 Å². The molecule has 0 bridgehead atoms. The number of ether oxygens (including phenoxy) is 1. The predicted molar refractivity (Wildman–Crippen MR) is 123 cm³/mol. The lowest BCUT2D eigenvalue weighted by Crippen LogP contribution is -2.18. The summed E-state index contributed by atoms with van der Waals surface area (Å²) in [5.74, 6) is -1.16. The molecule has 0 aromatic heterocycles. The van der Waals surface area contributed by atoms with Crippen LogP contribution >= 0.6 is 0 Å². The van der Waals surface area contributed by atoms with Gasteiger partial charge in [-0.2, -0.15) is 0 Å². The minimum atomic E-state index is -3.05. The molecular formula is C25H29BF2O4. The van der Waals surface area contributed by atoms with E-state index in [1.165, 1.54) is 12.5 Å². The molecule has 0 fully saturated rings. The van der Waals surface area contributed by atoms with Gasteiger partial charge in [0.2, 0.25) is 0 Å². The van der Waals surface area contributed by atoms with Crippen LogP contribution in [0.25, 0.3) is 5.76 Å². The highest BCUT2D eigenvalue weighted by molar-refractivity contribution is 6.36. The molecule has 32 heavy (non-hydrogen) atoms. The Balaban J connectivity index is 2.07. The van der Waals surface area contributed by atoms with Crippen molar-refractivity contribution in [3.05, 3.63) is 77.4 Å². The third kappa shape index (κ3) is 8.29. The Bertz CT molecular complexity index is 901. The van der Waals surface area contributed by atoms with Crippen LogP contribution in [0.4, 0.5) is 8.63 Å². The summed E-state index contributed by atoms with van der Waals surface area (Å²) in [6, 6.07) is 7.12. The molecular weight excluding hydrogens is 413 g/mol.